The van der Waals surface area contributed by atoms with Crippen LogP contribution in [0, 0.1) is 0 Å². The number of hydrogen-bond acceptors (Lipinski definition) is 2. The van der Waals surface area contributed by atoms with Crippen LogP contribution in [-0.2, 0) is 4.79 Å². The topological polar surface area (TPSA) is 37.4 Å². The van der Waals surface area contributed by atoms with Crippen LogP contribution in [0.5, 0.6) is 0 Å². The molecule has 1 aliphatic heterocycles. The van der Waals surface area contributed by atoms with E-state index in [1.807, 2.05) is 17.0 Å². The maximum atomic E-state index is 11.9. The molecule has 96 valence electrons. The number of hydrogen-bond donors (Lipinski definition) is 0. The summed E-state index contributed by atoms with van der Waals surface area (Å²) in [4.78, 5) is 25.6. The number of halogens is 1. The van der Waals surface area contributed by atoms with Gasteiger partial charge < -0.3 is 4.90 Å². The predicted molar refractivity (Wildman–Crippen MR) is 73.5 cm³/mol. The first-order chi connectivity index (χ1) is 8.66. The second kappa shape index (κ2) is 6.14. The maximum absolute atomic E-state index is 11.9. The highest BCUT2D eigenvalue weighted by Crippen LogP contribution is 2.15. The second-order valence-corrected chi connectivity index (χ2v) is 5.44. The molecule has 2 rings (SSSR count). The summed E-state index contributed by atoms with van der Waals surface area (Å²) >= 11 is 3.34. The molecule has 0 atom stereocenters. The van der Waals surface area contributed by atoms with Crippen molar-refractivity contribution in [3.05, 3.63) is 34.3 Å². The van der Waals surface area contributed by atoms with Gasteiger partial charge in [0, 0.05) is 36.0 Å². The van der Waals surface area contributed by atoms with Gasteiger partial charge in [-0.2, -0.15) is 0 Å². The zero-order valence-corrected chi connectivity index (χ0v) is 11.8. The summed E-state index contributed by atoms with van der Waals surface area (Å²) in [6.45, 7) is 1.70. The standard InChI is InChI=1S/C14H16BrNO2/c15-12-5-3-4-11(10-12)13(17)6-7-14(18)16-8-1-2-9-16/h3-5,10H,1-2,6-9H2. The molecule has 0 saturated carbocycles. The molecule has 0 N–H and O–H groups in total. The summed E-state index contributed by atoms with van der Waals surface area (Å²) in [6, 6.07) is 7.29. The van der Waals surface area contributed by atoms with Gasteiger partial charge in [0.15, 0.2) is 5.78 Å². The van der Waals surface area contributed by atoms with Gasteiger partial charge in [0.25, 0.3) is 0 Å². The van der Waals surface area contributed by atoms with Crippen LogP contribution in [-0.4, -0.2) is 29.7 Å². The molecular formula is C14H16BrNO2. The molecule has 1 aliphatic rings. The van der Waals surface area contributed by atoms with E-state index in [1.165, 1.54) is 0 Å². The minimum Gasteiger partial charge on any atom is -0.343 e. The van der Waals surface area contributed by atoms with Crippen molar-refractivity contribution in [2.45, 2.75) is 25.7 Å². The molecule has 4 heteroatoms. The molecule has 1 heterocycles. The molecular weight excluding hydrogens is 294 g/mol. The lowest BCUT2D eigenvalue weighted by molar-refractivity contribution is -0.130. The van der Waals surface area contributed by atoms with Crippen LogP contribution in [0.2, 0.25) is 0 Å². The van der Waals surface area contributed by atoms with E-state index in [-0.39, 0.29) is 11.7 Å². The number of benzene rings is 1. The Bertz CT molecular complexity index is 453. The molecule has 0 spiro atoms. The van der Waals surface area contributed by atoms with Crippen LogP contribution in [0.25, 0.3) is 0 Å². The Morgan fingerprint density at radius 2 is 1.89 bits per heavy atom. The van der Waals surface area contributed by atoms with Crippen LogP contribution < -0.4 is 0 Å². The van der Waals surface area contributed by atoms with E-state index in [2.05, 4.69) is 15.9 Å². The van der Waals surface area contributed by atoms with Crippen molar-refractivity contribution in [1.29, 1.82) is 0 Å². The van der Waals surface area contributed by atoms with Crippen molar-refractivity contribution in [2.75, 3.05) is 13.1 Å². The lowest BCUT2D eigenvalue weighted by atomic mass is 10.1. The molecule has 3 nitrogen and oxygen atoms in total. The van der Waals surface area contributed by atoms with Gasteiger partial charge in [0.05, 0.1) is 0 Å². The van der Waals surface area contributed by atoms with Crippen LogP contribution >= 0.6 is 15.9 Å². The van der Waals surface area contributed by atoms with E-state index in [0.717, 1.165) is 30.4 Å². The molecule has 0 aromatic heterocycles. The first kappa shape index (κ1) is 13.3. The number of rotatable bonds is 4. The highest BCUT2D eigenvalue weighted by molar-refractivity contribution is 9.10. The van der Waals surface area contributed by atoms with E-state index in [9.17, 15) is 9.59 Å². The first-order valence-electron chi connectivity index (χ1n) is 6.23. The Hall–Kier alpha value is -1.16. The summed E-state index contributed by atoms with van der Waals surface area (Å²) in [5, 5.41) is 0. The summed E-state index contributed by atoms with van der Waals surface area (Å²) in [7, 11) is 0. The van der Waals surface area contributed by atoms with Crippen LogP contribution in [0.3, 0.4) is 0 Å². The Morgan fingerprint density at radius 3 is 2.56 bits per heavy atom. The van der Waals surface area contributed by atoms with Crippen molar-refractivity contribution in [3.63, 3.8) is 0 Å². The van der Waals surface area contributed by atoms with Crippen molar-refractivity contribution in [2.24, 2.45) is 0 Å². The average molecular weight is 310 g/mol. The molecule has 0 unspecified atom stereocenters. The second-order valence-electron chi connectivity index (χ2n) is 4.52. The lowest BCUT2D eigenvalue weighted by Crippen LogP contribution is -2.27. The maximum Gasteiger partial charge on any atom is 0.223 e. The van der Waals surface area contributed by atoms with Crippen LogP contribution in [0.4, 0.5) is 0 Å². The third-order valence-corrected chi connectivity index (χ3v) is 3.66. The zero-order valence-electron chi connectivity index (χ0n) is 10.2. The lowest BCUT2D eigenvalue weighted by Gasteiger charge is -2.14. The number of carbonyl (C=O) groups is 2. The SMILES string of the molecule is O=C(CCC(=O)N1CCCC1)c1cccc(Br)c1. The smallest absolute Gasteiger partial charge is 0.223 e. The van der Waals surface area contributed by atoms with Gasteiger partial charge in [0.2, 0.25) is 5.91 Å². The van der Waals surface area contributed by atoms with Crippen molar-refractivity contribution in [1.82, 2.24) is 4.90 Å². The number of likely N-dealkylation sites (tertiary alicyclic amines) is 1. The number of Topliss-reactive ketones (excluding diaryl/α,β-unsaturated/α-hetero) is 1. The average Bonchev–Trinajstić information content (AvgIpc) is 2.89. The van der Waals surface area contributed by atoms with E-state index in [4.69, 9.17) is 0 Å². The molecule has 1 amide bonds. The number of ketones is 1. The molecule has 0 aliphatic carbocycles. The molecule has 1 aromatic rings. The van der Waals surface area contributed by atoms with Gasteiger partial charge in [-0.05, 0) is 25.0 Å². The van der Waals surface area contributed by atoms with Gasteiger partial charge in [-0.15, -0.1) is 0 Å². The molecule has 1 saturated heterocycles. The predicted octanol–water partition coefficient (Wildman–Crippen LogP) is 3.03. The molecule has 1 aromatic carbocycles. The summed E-state index contributed by atoms with van der Waals surface area (Å²) in [6.07, 6.45) is 2.80. The molecule has 1 fully saturated rings. The minimum atomic E-state index is 0.0313. The number of nitrogens with zero attached hydrogens (tertiary/aromatic N) is 1. The first-order valence-corrected chi connectivity index (χ1v) is 7.02. The largest absolute Gasteiger partial charge is 0.343 e. The van der Waals surface area contributed by atoms with Gasteiger partial charge in [-0.1, -0.05) is 28.1 Å². The Balaban J connectivity index is 1.86. The Kier molecular flexibility index (Phi) is 4.53. The molecule has 0 bridgehead atoms. The number of amides is 1. The van der Waals surface area contributed by atoms with Gasteiger partial charge in [0.1, 0.15) is 0 Å². The van der Waals surface area contributed by atoms with Crippen LogP contribution in [0.15, 0.2) is 28.7 Å². The van der Waals surface area contributed by atoms with Gasteiger partial charge in [-0.3, -0.25) is 9.59 Å². The Morgan fingerprint density at radius 1 is 1.17 bits per heavy atom. The minimum absolute atomic E-state index is 0.0313. The highest BCUT2D eigenvalue weighted by atomic mass is 79.9. The van der Waals surface area contributed by atoms with E-state index < -0.39 is 0 Å². The fourth-order valence-electron chi connectivity index (χ4n) is 2.15. The van der Waals surface area contributed by atoms with E-state index >= 15 is 0 Å². The van der Waals surface area contributed by atoms with Crippen molar-refractivity contribution < 1.29 is 9.59 Å². The quantitative estimate of drug-likeness (QED) is 0.802. The normalized spacial score (nSPS) is 14.8. The summed E-state index contributed by atoms with van der Waals surface area (Å²) in [5.74, 6) is 0.139. The molecule has 0 radical (unpaired) electrons. The Labute approximate surface area is 115 Å². The summed E-state index contributed by atoms with van der Waals surface area (Å²) in [5.41, 5.74) is 0.665. The monoisotopic (exact) mass is 309 g/mol. The summed E-state index contributed by atoms with van der Waals surface area (Å²) < 4.78 is 0.888. The van der Waals surface area contributed by atoms with Crippen molar-refractivity contribution in [3.8, 4) is 0 Å². The molecule has 18 heavy (non-hydrogen) atoms. The van der Waals surface area contributed by atoms with Gasteiger partial charge in [-0.25, -0.2) is 0 Å². The fraction of sp³-hybridized carbons (Fsp3) is 0.429. The highest BCUT2D eigenvalue weighted by Gasteiger charge is 2.18. The fourth-order valence-corrected chi connectivity index (χ4v) is 2.55. The third kappa shape index (κ3) is 3.42. The zero-order chi connectivity index (χ0) is 13.0. The van der Waals surface area contributed by atoms with Crippen LogP contribution in [0.1, 0.15) is 36.0 Å². The van der Waals surface area contributed by atoms with Gasteiger partial charge >= 0.3 is 0 Å². The van der Waals surface area contributed by atoms with E-state index in [1.54, 1.807) is 12.1 Å². The van der Waals surface area contributed by atoms with Crippen molar-refractivity contribution >= 4 is 27.6 Å². The van der Waals surface area contributed by atoms with E-state index in [0.29, 0.717) is 18.4 Å². The third-order valence-electron chi connectivity index (χ3n) is 3.17. The number of carbonyl (C=O) groups excluding carboxylic acids is 2.